The molecule has 0 bridgehead atoms. The third kappa shape index (κ3) is 4.86. The SMILES string of the molecule is N#Cc1cccc(NC(=O)c2cnc(OCC(F)(F)F)c(Cl)c2)c1. The minimum absolute atomic E-state index is 0.0294. The Morgan fingerprint density at radius 3 is 2.75 bits per heavy atom. The van der Waals surface area contributed by atoms with Crippen LogP contribution in [-0.2, 0) is 0 Å². The Morgan fingerprint density at radius 2 is 2.12 bits per heavy atom. The number of halogens is 4. The van der Waals surface area contributed by atoms with Crippen LogP contribution in [0, 0.1) is 11.3 Å². The highest BCUT2D eigenvalue weighted by molar-refractivity contribution is 6.32. The third-order valence-electron chi connectivity index (χ3n) is 2.69. The smallest absolute Gasteiger partial charge is 0.422 e. The van der Waals surface area contributed by atoms with Crippen molar-refractivity contribution in [3.63, 3.8) is 0 Å². The van der Waals surface area contributed by atoms with Crippen molar-refractivity contribution >= 4 is 23.2 Å². The zero-order chi connectivity index (χ0) is 17.7. The van der Waals surface area contributed by atoms with Gasteiger partial charge in [-0.3, -0.25) is 4.79 Å². The number of pyridine rings is 1. The van der Waals surface area contributed by atoms with E-state index < -0.39 is 24.6 Å². The molecule has 0 saturated heterocycles. The minimum Gasteiger partial charge on any atom is -0.467 e. The highest BCUT2D eigenvalue weighted by atomic mass is 35.5. The summed E-state index contributed by atoms with van der Waals surface area (Å²) in [5, 5.41) is 11.1. The molecule has 0 atom stereocenters. The maximum Gasteiger partial charge on any atom is 0.422 e. The molecule has 0 aliphatic rings. The number of hydrogen-bond acceptors (Lipinski definition) is 4. The van der Waals surface area contributed by atoms with Crippen LogP contribution in [0.3, 0.4) is 0 Å². The number of nitriles is 1. The van der Waals surface area contributed by atoms with Crippen LogP contribution in [0.2, 0.25) is 5.02 Å². The van der Waals surface area contributed by atoms with Crippen molar-refractivity contribution < 1.29 is 22.7 Å². The molecule has 124 valence electrons. The fourth-order valence-electron chi connectivity index (χ4n) is 1.68. The van der Waals surface area contributed by atoms with Crippen LogP contribution in [0.4, 0.5) is 18.9 Å². The van der Waals surface area contributed by atoms with Crippen LogP contribution in [0.1, 0.15) is 15.9 Å². The molecule has 0 spiro atoms. The average molecular weight is 356 g/mol. The van der Waals surface area contributed by atoms with E-state index in [9.17, 15) is 18.0 Å². The van der Waals surface area contributed by atoms with E-state index in [1.54, 1.807) is 18.2 Å². The summed E-state index contributed by atoms with van der Waals surface area (Å²) >= 11 is 5.78. The maximum absolute atomic E-state index is 12.1. The van der Waals surface area contributed by atoms with Gasteiger partial charge in [0, 0.05) is 11.9 Å². The largest absolute Gasteiger partial charge is 0.467 e. The summed E-state index contributed by atoms with van der Waals surface area (Å²) in [5.41, 5.74) is 0.772. The van der Waals surface area contributed by atoms with Gasteiger partial charge < -0.3 is 10.1 Å². The summed E-state index contributed by atoms with van der Waals surface area (Å²) in [7, 11) is 0. The predicted octanol–water partition coefficient (Wildman–Crippen LogP) is 3.80. The molecular formula is C15H9ClF3N3O2. The topological polar surface area (TPSA) is 75.0 Å². The molecule has 1 heterocycles. The summed E-state index contributed by atoms with van der Waals surface area (Å²) in [6, 6.07) is 9.28. The lowest BCUT2D eigenvalue weighted by Gasteiger charge is -2.10. The molecule has 0 saturated carbocycles. The normalized spacial score (nSPS) is 10.8. The standard InChI is InChI=1S/C15H9ClF3N3O2/c16-12-5-10(7-21-14(12)24-8-15(17,18)19)13(23)22-11-3-1-2-9(4-11)6-20/h1-5,7H,8H2,(H,22,23). The molecule has 0 radical (unpaired) electrons. The van der Waals surface area contributed by atoms with Gasteiger partial charge in [0.05, 0.1) is 17.2 Å². The van der Waals surface area contributed by atoms with E-state index in [-0.39, 0.29) is 10.6 Å². The number of alkyl halides is 3. The summed E-state index contributed by atoms with van der Waals surface area (Å²) in [6.07, 6.45) is -3.48. The van der Waals surface area contributed by atoms with Crippen LogP contribution < -0.4 is 10.1 Å². The third-order valence-corrected chi connectivity index (χ3v) is 2.96. The lowest BCUT2D eigenvalue weighted by atomic mass is 10.2. The van der Waals surface area contributed by atoms with E-state index in [0.29, 0.717) is 11.3 Å². The van der Waals surface area contributed by atoms with Crippen molar-refractivity contribution in [2.45, 2.75) is 6.18 Å². The summed E-state index contributed by atoms with van der Waals surface area (Å²) in [4.78, 5) is 15.7. The number of aromatic nitrogens is 1. The highest BCUT2D eigenvalue weighted by Crippen LogP contribution is 2.25. The van der Waals surface area contributed by atoms with E-state index in [0.717, 1.165) is 12.3 Å². The first-order valence-corrected chi connectivity index (χ1v) is 6.83. The average Bonchev–Trinajstić information content (AvgIpc) is 2.53. The summed E-state index contributed by atoms with van der Waals surface area (Å²) in [5.74, 6) is -1.00. The molecule has 1 aromatic carbocycles. The number of nitrogens with one attached hydrogen (secondary N) is 1. The van der Waals surface area contributed by atoms with Gasteiger partial charge in [-0.15, -0.1) is 0 Å². The molecule has 1 aromatic heterocycles. The number of carbonyl (C=O) groups excluding carboxylic acids is 1. The quantitative estimate of drug-likeness (QED) is 0.905. The van der Waals surface area contributed by atoms with Gasteiger partial charge in [-0.2, -0.15) is 18.4 Å². The second kappa shape index (κ2) is 7.19. The molecule has 24 heavy (non-hydrogen) atoms. The Kier molecular flexibility index (Phi) is 5.26. The molecular weight excluding hydrogens is 347 g/mol. The van der Waals surface area contributed by atoms with Crippen molar-refractivity contribution in [2.24, 2.45) is 0 Å². The first-order chi connectivity index (χ1) is 11.3. The van der Waals surface area contributed by atoms with Crippen molar-refractivity contribution in [2.75, 3.05) is 11.9 Å². The number of benzene rings is 1. The fourth-order valence-corrected chi connectivity index (χ4v) is 1.90. The van der Waals surface area contributed by atoms with Crippen LogP contribution in [0.15, 0.2) is 36.5 Å². The highest BCUT2D eigenvalue weighted by Gasteiger charge is 2.29. The van der Waals surface area contributed by atoms with Gasteiger partial charge in [-0.05, 0) is 24.3 Å². The molecule has 1 amide bonds. The van der Waals surface area contributed by atoms with Crippen molar-refractivity contribution in [3.8, 4) is 11.9 Å². The zero-order valence-corrected chi connectivity index (χ0v) is 12.6. The number of rotatable bonds is 4. The lowest BCUT2D eigenvalue weighted by molar-refractivity contribution is -0.154. The minimum atomic E-state index is -4.52. The maximum atomic E-state index is 12.1. The van der Waals surface area contributed by atoms with Crippen LogP contribution >= 0.6 is 11.6 Å². The fraction of sp³-hybridized carbons (Fsp3) is 0.133. The van der Waals surface area contributed by atoms with Gasteiger partial charge in [0.25, 0.3) is 5.91 Å². The van der Waals surface area contributed by atoms with Crippen molar-refractivity contribution in [1.29, 1.82) is 5.26 Å². The Labute approximate surface area is 139 Å². The monoisotopic (exact) mass is 355 g/mol. The van der Waals surface area contributed by atoms with Crippen LogP contribution in [-0.4, -0.2) is 23.7 Å². The second-order valence-electron chi connectivity index (χ2n) is 4.56. The number of amides is 1. The molecule has 2 aromatic rings. The van der Waals surface area contributed by atoms with Gasteiger partial charge in [-0.25, -0.2) is 4.98 Å². The van der Waals surface area contributed by atoms with Crippen molar-refractivity contribution in [1.82, 2.24) is 4.98 Å². The van der Waals surface area contributed by atoms with E-state index in [2.05, 4.69) is 15.0 Å². The molecule has 0 unspecified atom stereocenters. The van der Waals surface area contributed by atoms with E-state index in [1.165, 1.54) is 6.07 Å². The zero-order valence-electron chi connectivity index (χ0n) is 11.9. The van der Waals surface area contributed by atoms with Gasteiger partial charge in [0.15, 0.2) is 6.61 Å². The number of nitrogens with zero attached hydrogens (tertiary/aromatic N) is 2. The molecule has 0 aliphatic heterocycles. The first kappa shape index (κ1) is 17.6. The summed E-state index contributed by atoms with van der Waals surface area (Å²) in [6.45, 7) is -1.54. The number of ether oxygens (including phenoxy) is 1. The van der Waals surface area contributed by atoms with E-state index >= 15 is 0 Å². The Balaban J connectivity index is 2.10. The van der Waals surface area contributed by atoms with Gasteiger partial charge in [0.1, 0.15) is 5.02 Å². The van der Waals surface area contributed by atoms with Crippen molar-refractivity contribution in [3.05, 3.63) is 52.7 Å². The molecule has 2 rings (SSSR count). The van der Waals surface area contributed by atoms with Crippen LogP contribution in [0.5, 0.6) is 5.88 Å². The molecule has 5 nitrogen and oxygen atoms in total. The molecule has 0 fully saturated rings. The predicted molar refractivity (Wildman–Crippen MR) is 79.9 cm³/mol. The van der Waals surface area contributed by atoms with E-state index in [4.69, 9.17) is 16.9 Å². The van der Waals surface area contributed by atoms with Gasteiger partial charge >= 0.3 is 6.18 Å². The number of carbonyl (C=O) groups is 1. The molecule has 1 N–H and O–H groups in total. The lowest BCUT2D eigenvalue weighted by Crippen LogP contribution is -2.20. The number of hydrogen-bond donors (Lipinski definition) is 1. The second-order valence-corrected chi connectivity index (χ2v) is 4.97. The van der Waals surface area contributed by atoms with Crippen LogP contribution in [0.25, 0.3) is 0 Å². The molecule has 9 heteroatoms. The first-order valence-electron chi connectivity index (χ1n) is 6.45. The Morgan fingerprint density at radius 1 is 1.38 bits per heavy atom. The number of anilines is 1. The van der Waals surface area contributed by atoms with Gasteiger partial charge in [-0.1, -0.05) is 17.7 Å². The Bertz CT molecular complexity index is 803. The van der Waals surface area contributed by atoms with E-state index in [1.807, 2.05) is 6.07 Å². The van der Waals surface area contributed by atoms with Gasteiger partial charge in [0.2, 0.25) is 5.88 Å². The molecule has 0 aliphatic carbocycles. The summed E-state index contributed by atoms with van der Waals surface area (Å²) < 4.78 is 40.8. The Hall–Kier alpha value is -2.79.